The molecule has 0 atom stereocenters. The van der Waals surface area contributed by atoms with Gasteiger partial charge in [0.25, 0.3) is 5.69 Å². The van der Waals surface area contributed by atoms with Gasteiger partial charge < -0.3 is 20.1 Å². The molecule has 0 aliphatic carbocycles. The van der Waals surface area contributed by atoms with Crippen LogP contribution in [0, 0.1) is 10.1 Å². The van der Waals surface area contributed by atoms with Gasteiger partial charge in [-0.3, -0.25) is 10.1 Å². The first-order valence-corrected chi connectivity index (χ1v) is 9.61. The Balaban J connectivity index is 0.000000248. The summed E-state index contributed by atoms with van der Waals surface area (Å²) in [5, 5.41) is 16.4. The van der Waals surface area contributed by atoms with Crippen molar-refractivity contribution in [3.63, 3.8) is 0 Å². The third-order valence-electron chi connectivity index (χ3n) is 4.11. The number of benzene rings is 2. The first kappa shape index (κ1) is 23.1. The second kappa shape index (κ2) is 12.4. The summed E-state index contributed by atoms with van der Waals surface area (Å²) < 4.78 is 9.61. The van der Waals surface area contributed by atoms with E-state index in [9.17, 15) is 19.7 Å². The molecular weight excluding hydrogens is 414 g/mol. The van der Waals surface area contributed by atoms with E-state index in [0.717, 1.165) is 31.5 Å². The normalized spacial score (nSPS) is 13.4. The third-order valence-corrected chi connectivity index (χ3v) is 4.22. The second-order valence-corrected chi connectivity index (χ2v) is 6.63. The van der Waals surface area contributed by atoms with Crippen LogP contribution in [0.4, 0.5) is 15.3 Å². The second-order valence-electron chi connectivity index (χ2n) is 6.32. The zero-order valence-electron chi connectivity index (χ0n) is 16.1. The fraction of sp³-hybridized carbons (Fsp3) is 0.300. The van der Waals surface area contributed by atoms with Gasteiger partial charge in [0.1, 0.15) is 12.4 Å². The van der Waals surface area contributed by atoms with Crippen LogP contribution >= 0.6 is 11.6 Å². The Morgan fingerprint density at radius 2 is 1.73 bits per heavy atom. The maximum atomic E-state index is 11.6. The van der Waals surface area contributed by atoms with E-state index in [0.29, 0.717) is 0 Å². The fourth-order valence-electron chi connectivity index (χ4n) is 2.62. The molecule has 2 aromatic carbocycles. The van der Waals surface area contributed by atoms with Crippen molar-refractivity contribution in [1.82, 2.24) is 10.6 Å². The molecule has 0 unspecified atom stereocenters. The summed E-state index contributed by atoms with van der Waals surface area (Å²) in [5.41, 5.74) is 0.126. The average Bonchev–Trinajstić information content (AvgIpc) is 2.74. The van der Waals surface area contributed by atoms with Crippen molar-refractivity contribution in [2.24, 2.45) is 0 Å². The number of carbonyl (C=O) groups excluding carboxylic acids is 2. The Morgan fingerprint density at radius 3 is 2.30 bits per heavy atom. The fourth-order valence-corrected chi connectivity index (χ4v) is 2.67. The van der Waals surface area contributed by atoms with Crippen molar-refractivity contribution in [3.8, 4) is 5.75 Å². The van der Waals surface area contributed by atoms with Crippen LogP contribution in [0.1, 0.15) is 18.4 Å². The molecule has 3 rings (SSSR count). The molecule has 0 radical (unpaired) electrons. The number of rotatable bonds is 5. The van der Waals surface area contributed by atoms with Crippen LogP contribution in [0.2, 0.25) is 0 Å². The topological polar surface area (TPSA) is 120 Å². The lowest BCUT2D eigenvalue weighted by molar-refractivity contribution is -0.384. The Morgan fingerprint density at radius 1 is 1.10 bits per heavy atom. The van der Waals surface area contributed by atoms with Crippen LogP contribution in [-0.4, -0.2) is 35.6 Å². The van der Waals surface area contributed by atoms with Crippen molar-refractivity contribution < 1.29 is 24.0 Å². The number of nitrogens with one attached hydrogen (secondary N) is 2. The van der Waals surface area contributed by atoms with E-state index in [1.807, 2.05) is 30.3 Å². The predicted octanol–water partition coefficient (Wildman–Crippen LogP) is 4.00. The molecule has 1 aliphatic heterocycles. The molecule has 160 valence electrons. The smallest absolute Gasteiger partial charge is 0.412 e. The molecule has 0 bridgehead atoms. The number of nitrogens with zero attached hydrogens (tertiary/aromatic N) is 1. The molecule has 1 amide bonds. The summed E-state index contributed by atoms with van der Waals surface area (Å²) in [4.78, 5) is 31.7. The van der Waals surface area contributed by atoms with Crippen molar-refractivity contribution >= 4 is 28.8 Å². The summed E-state index contributed by atoms with van der Waals surface area (Å²) in [7, 11) is 0. The van der Waals surface area contributed by atoms with Gasteiger partial charge in [-0.15, -0.1) is 0 Å². The van der Waals surface area contributed by atoms with Gasteiger partial charge in [-0.2, -0.15) is 0 Å². The molecule has 2 aromatic rings. The van der Waals surface area contributed by atoms with Gasteiger partial charge in [0, 0.05) is 29.8 Å². The number of nitro groups is 1. The SMILES string of the molecule is O=C(Cl)OCc1ccccc1.O=C(NC1CCNCC1)Oc1ccc([N+](=O)[O-])cc1. The van der Waals surface area contributed by atoms with Crippen LogP contribution in [-0.2, 0) is 11.3 Å². The van der Waals surface area contributed by atoms with E-state index in [-0.39, 0.29) is 24.1 Å². The summed E-state index contributed by atoms with van der Waals surface area (Å²) in [6.45, 7) is 1.99. The van der Waals surface area contributed by atoms with E-state index < -0.39 is 16.4 Å². The highest BCUT2D eigenvalue weighted by atomic mass is 35.5. The molecule has 1 fully saturated rings. The Hall–Kier alpha value is -3.17. The van der Waals surface area contributed by atoms with Gasteiger partial charge in [-0.05, 0) is 43.6 Å². The molecule has 10 heteroatoms. The number of nitro benzene ring substituents is 1. The van der Waals surface area contributed by atoms with Gasteiger partial charge in [-0.1, -0.05) is 30.3 Å². The number of halogens is 1. The average molecular weight is 436 g/mol. The van der Waals surface area contributed by atoms with E-state index in [1.54, 1.807) is 0 Å². The number of piperidine rings is 1. The quantitative estimate of drug-likeness (QED) is 0.413. The highest BCUT2D eigenvalue weighted by Gasteiger charge is 2.16. The van der Waals surface area contributed by atoms with Crippen LogP contribution in [0.3, 0.4) is 0 Å². The Labute approximate surface area is 178 Å². The minimum Gasteiger partial charge on any atom is -0.449 e. The molecule has 9 nitrogen and oxygen atoms in total. The van der Waals surface area contributed by atoms with E-state index in [2.05, 4.69) is 15.4 Å². The van der Waals surface area contributed by atoms with Gasteiger partial charge in [0.2, 0.25) is 0 Å². The number of non-ortho nitro benzene ring substituents is 1. The lowest BCUT2D eigenvalue weighted by atomic mass is 10.1. The zero-order chi connectivity index (χ0) is 21.8. The van der Waals surface area contributed by atoms with E-state index >= 15 is 0 Å². The van der Waals surface area contributed by atoms with Crippen LogP contribution < -0.4 is 15.4 Å². The first-order chi connectivity index (χ1) is 14.4. The summed E-state index contributed by atoms with van der Waals surface area (Å²) in [6.07, 6.45) is 1.21. The number of carbonyl (C=O) groups is 2. The molecule has 0 spiro atoms. The van der Waals surface area contributed by atoms with E-state index in [1.165, 1.54) is 24.3 Å². The van der Waals surface area contributed by atoms with Gasteiger partial charge in [0.05, 0.1) is 4.92 Å². The summed E-state index contributed by atoms with van der Waals surface area (Å²) in [5.74, 6) is 0.289. The molecule has 0 aromatic heterocycles. The first-order valence-electron chi connectivity index (χ1n) is 9.23. The van der Waals surface area contributed by atoms with Crippen molar-refractivity contribution in [1.29, 1.82) is 0 Å². The number of hydrogen-bond donors (Lipinski definition) is 2. The predicted molar refractivity (Wildman–Crippen MR) is 111 cm³/mol. The highest BCUT2D eigenvalue weighted by molar-refractivity contribution is 6.61. The van der Waals surface area contributed by atoms with Crippen molar-refractivity contribution in [2.75, 3.05) is 13.1 Å². The van der Waals surface area contributed by atoms with Gasteiger partial charge in [0.15, 0.2) is 0 Å². The largest absolute Gasteiger partial charge is 0.449 e. The number of ether oxygens (including phenoxy) is 2. The lowest BCUT2D eigenvalue weighted by Gasteiger charge is -2.23. The van der Waals surface area contributed by atoms with Crippen molar-refractivity contribution in [2.45, 2.75) is 25.5 Å². The molecule has 1 saturated heterocycles. The monoisotopic (exact) mass is 435 g/mol. The third kappa shape index (κ3) is 8.89. The maximum absolute atomic E-state index is 11.6. The highest BCUT2D eigenvalue weighted by Crippen LogP contribution is 2.17. The molecule has 1 aliphatic rings. The van der Waals surface area contributed by atoms with Crippen LogP contribution in [0.5, 0.6) is 5.75 Å². The zero-order valence-corrected chi connectivity index (χ0v) is 16.8. The molecule has 2 N–H and O–H groups in total. The van der Waals surface area contributed by atoms with Gasteiger partial charge >= 0.3 is 11.5 Å². The molecule has 1 heterocycles. The minimum atomic E-state index is -0.770. The molecular formula is C20H22ClN3O6. The Bertz CT molecular complexity index is 826. The molecule has 30 heavy (non-hydrogen) atoms. The maximum Gasteiger partial charge on any atom is 0.412 e. The number of hydrogen-bond acceptors (Lipinski definition) is 7. The van der Waals surface area contributed by atoms with Gasteiger partial charge in [-0.25, -0.2) is 9.59 Å². The van der Waals surface area contributed by atoms with Crippen molar-refractivity contribution in [3.05, 3.63) is 70.3 Å². The van der Waals surface area contributed by atoms with E-state index in [4.69, 9.17) is 16.3 Å². The number of amides is 1. The minimum absolute atomic E-state index is 0.0360. The lowest BCUT2D eigenvalue weighted by Crippen LogP contribution is -2.43. The van der Waals surface area contributed by atoms with Crippen LogP contribution in [0.25, 0.3) is 0 Å². The summed E-state index contributed by atoms with van der Waals surface area (Å²) >= 11 is 4.97. The standard InChI is InChI=1S/C12H15N3O4.C8H7ClO2/c16-12(14-9-5-7-13-8-6-9)19-11-3-1-10(2-4-11)15(17)18;9-8(10)11-6-7-4-2-1-3-5-7/h1-4,9,13H,5-8H2,(H,14,16);1-5H,6H2. The molecule has 0 saturated carbocycles. The summed E-state index contributed by atoms with van der Waals surface area (Å²) in [6, 6.07) is 14.9. The van der Waals surface area contributed by atoms with Crippen LogP contribution in [0.15, 0.2) is 54.6 Å². The Kier molecular flexibility index (Phi) is 9.56.